The van der Waals surface area contributed by atoms with E-state index in [-0.39, 0.29) is 6.54 Å². The number of hydrogen-bond acceptors (Lipinski definition) is 2. The smallest absolute Gasteiger partial charge is 0.186 e. The van der Waals surface area contributed by atoms with Gasteiger partial charge in [0.15, 0.2) is 0 Å². The Balaban J connectivity index is 3.57. The molecule has 0 saturated carbocycles. The van der Waals surface area contributed by atoms with E-state index in [1.54, 1.807) is 4.72 Å². The molecule has 1 radical (unpaired) electrons. The maximum Gasteiger partial charge on any atom is 0.363 e. The molecule has 0 aromatic heterocycles. The Bertz CT molecular complexity index is 159. The van der Waals surface area contributed by atoms with Crippen LogP contribution in [0.2, 0.25) is 0 Å². The predicted molar refractivity (Wildman–Crippen MR) is 27.8 cm³/mol. The molecule has 0 aliphatic carbocycles. The van der Waals surface area contributed by atoms with Crippen molar-refractivity contribution in [2.45, 2.75) is 0 Å². The molecule has 5 heteroatoms. The molecule has 0 atom stereocenters. The largest absolute Gasteiger partial charge is 0.363 e. The van der Waals surface area contributed by atoms with Crippen molar-refractivity contribution >= 4 is 10.3 Å². The van der Waals surface area contributed by atoms with Crippen LogP contribution >= 0.6 is 0 Å². The SMILES string of the molecule is C=CCNS([O])(=O)=O. The lowest BCUT2D eigenvalue weighted by molar-refractivity contribution is 0.404. The molecule has 0 aliphatic rings. The third-order valence-corrected chi connectivity index (χ3v) is 0.925. The highest BCUT2D eigenvalue weighted by atomic mass is 32.2. The zero-order chi connectivity index (χ0) is 6.62. The summed E-state index contributed by atoms with van der Waals surface area (Å²) in [6, 6.07) is 0. The molecule has 4 nitrogen and oxygen atoms in total. The Morgan fingerprint density at radius 3 is 2.25 bits per heavy atom. The topological polar surface area (TPSA) is 66.1 Å². The molecule has 0 unspecified atom stereocenters. The molecule has 0 fully saturated rings. The Hall–Kier alpha value is -0.390. The lowest BCUT2D eigenvalue weighted by Crippen LogP contribution is -2.20. The zero-order valence-electron chi connectivity index (χ0n) is 4.12. The van der Waals surface area contributed by atoms with Crippen molar-refractivity contribution in [3.63, 3.8) is 0 Å². The first-order valence-electron chi connectivity index (χ1n) is 1.87. The summed E-state index contributed by atoms with van der Waals surface area (Å²) in [6.45, 7) is 3.19. The molecule has 47 valence electrons. The van der Waals surface area contributed by atoms with E-state index in [2.05, 4.69) is 6.58 Å². The summed E-state index contributed by atoms with van der Waals surface area (Å²) >= 11 is 0. The van der Waals surface area contributed by atoms with Gasteiger partial charge in [-0.2, -0.15) is 13.1 Å². The number of nitrogens with one attached hydrogen (secondary N) is 1. The summed E-state index contributed by atoms with van der Waals surface area (Å²) in [5.74, 6) is 0. The van der Waals surface area contributed by atoms with Gasteiger partial charge in [-0.05, 0) is 0 Å². The summed E-state index contributed by atoms with van der Waals surface area (Å²) in [5.41, 5.74) is 0. The molecule has 0 aromatic rings. The van der Waals surface area contributed by atoms with E-state index in [9.17, 15) is 13.0 Å². The molecule has 8 heavy (non-hydrogen) atoms. The van der Waals surface area contributed by atoms with E-state index in [0.29, 0.717) is 0 Å². The predicted octanol–water partition coefficient (Wildman–Crippen LogP) is -0.563. The van der Waals surface area contributed by atoms with Crippen LogP contribution in [0.15, 0.2) is 12.7 Å². The minimum absolute atomic E-state index is 0.00810. The molecule has 0 aliphatic heterocycles. The van der Waals surface area contributed by atoms with Crippen LogP contribution in [0.25, 0.3) is 0 Å². The third kappa shape index (κ3) is 5.61. The Morgan fingerprint density at radius 1 is 1.62 bits per heavy atom. The van der Waals surface area contributed by atoms with Crippen LogP contribution in [0.4, 0.5) is 0 Å². The number of rotatable bonds is 3. The molecule has 0 amide bonds. The quantitative estimate of drug-likeness (QED) is 0.528. The van der Waals surface area contributed by atoms with Gasteiger partial charge >= 0.3 is 10.3 Å². The molecular formula is C3H6NO3S. The Labute approximate surface area is 48.1 Å². The van der Waals surface area contributed by atoms with Gasteiger partial charge in [0.25, 0.3) is 0 Å². The van der Waals surface area contributed by atoms with Gasteiger partial charge in [-0.3, -0.25) is 0 Å². The molecule has 0 spiro atoms. The maximum atomic E-state index is 9.68. The minimum Gasteiger partial charge on any atom is -0.186 e. The highest BCUT2D eigenvalue weighted by Gasteiger charge is 1.99. The standard InChI is InChI=1S/C3H6NO3S/c1-2-3-4-8(5,6)7/h2,4H,1,3H2. The van der Waals surface area contributed by atoms with Crippen LogP contribution in [0.1, 0.15) is 0 Å². The van der Waals surface area contributed by atoms with Gasteiger partial charge < -0.3 is 0 Å². The van der Waals surface area contributed by atoms with Crippen LogP contribution in [-0.4, -0.2) is 15.0 Å². The van der Waals surface area contributed by atoms with E-state index in [0.717, 1.165) is 0 Å². The lowest BCUT2D eigenvalue weighted by Gasteiger charge is -1.88. The fourth-order valence-electron chi connectivity index (χ4n) is 0.161. The summed E-state index contributed by atoms with van der Waals surface area (Å²) in [4.78, 5) is 0. The first-order chi connectivity index (χ1) is 3.56. The first kappa shape index (κ1) is 7.61. The lowest BCUT2D eigenvalue weighted by atomic mass is 10.7. The van der Waals surface area contributed by atoms with Crippen molar-refractivity contribution in [2.24, 2.45) is 0 Å². The van der Waals surface area contributed by atoms with Crippen LogP contribution in [0.3, 0.4) is 0 Å². The zero-order valence-corrected chi connectivity index (χ0v) is 4.94. The average molecular weight is 136 g/mol. The summed E-state index contributed by atoms with van der Waals surface area (Å²) < 4.78 is 30.7. The molecule has 1 N–H and O–H groups in total. The van der Waals surface area contributed by atoms with Crippen LogP contribution in [0, 0.1) is 0 Å². The van der Waals surface area contributed by atoms with Crippen molar-refractivity contribution < 1.29 is 13.0 Å². The Morgan fingerprint density at radius 2 is 2.12 bits per heavy atom. The molecule has 0 aromatic carbocycles. The van der Waals surface area contributed by atoms with Crippen molar-refractivity contribution in [3.8, 4) is 0 Å². The van der Waals surface area contributed by atoms with E-state index in [1.807, 2.05) is 0 Å². The van der Waals surface area contributed by atoms with Gasteiger partial charge in [0.2, 0.25) is 0 Å². The van der Waals surface area contributed by atoms with Gasteiger partial charge in [-0.1, -0.05) is 10.6 Å². The second-order valence-corrected chi connectivity index (χ2v) is 2.29. The summed E-state index contributed by atoms with van der Waals surface area (Å²) in [6.07, 6.45) is 1.29. The highest BCUT2D eigenvalue weighted by molar-refractivity contribution is 7.83. The fraction of sp³-hybridized carbons (Fsp3) is 0.333. The van der Waals surface area contributed by atoms with Crippen LogP contribution in [0.5, 0.6) is 0 Å². The van der Waals surface area contributed by atoms with Crippen molar-refractivity contribution in [1.29, 1.82) is 0 Å². The Kier molecular flexibility index (Phi) is 2.67. The highest BCUT2D eigenvalue weighted by Crippen LogP contribution is 1.71. The second-order valence-electron chi connectivity index (χ2n) is 1.09. The fourth-order valence-corrected chi connectivity index (χ4v) is 0.483. The summed E-state index contributed by atoms with van der Waals surface area (Å²) in [7, 11) is -4.26. The third-order valence-electron chi connectivity index (χ3n) is 0.404. The maximum absolute atomic E-state index is 9.68. The van der Waals surface area contributed by atoms with Crippen molar-refractivity contribution in [1.82, 2.24) is 4.72 Å². The van der Waals surface area contributed by atoms with E-state index >= 15 is 0 Å². The van der Waals surface area contributed by atoms with Gasteiger partial charge in [0.05, 0.1) is 0 Å². The summed E-state index contributed by atoms with van der Waals surface area (Å²) in [5, 5.41) is 0. The van der Waals surface area contributed by atoms with E-state index in [1.165, 1.54) is 6.08 Å². The van der Waals surface area contributed by atoms with E-state index < -0.39 is 10.3 Å². The van der Waals surface area contributed by atoms with Gasteiger partial charge in [0.1, 0.15) is 0 Å². The minimum atomic E-state index is -4.26. The first-order valence-corrected chi connectivity index (χ1v) is 3.28. The van der Waals surface area contributed by atoms with Gasteiger partial charge in [-0.15, -0.1) is 6.58 Å². The van der Waals surface area contributed by atoms with Crippen molar-refractivity contribution in [3.05, 3.63) is 12.7 Å². The average Bonchev–Trinajstić information content (AvgIpc) is 1.59. The van der Waals surface area contributed by atoms with Gasteiger partial charge in [-0.25, -0.2) is 0 Å². The normalized spacial score (nSPS) is 11.1. The number of hydrogen-bond donors (Lipinski definition) is 1. The van der Waals surface area contributed by atoms with Crippen LogP contribution in [-0.2, 0) is 14.9 Å². The molecule has 0 heterocycles. The molecule has 0 saturated heterocycles. The molecule has 0 bridgehead atoms. The van der Waals surface area contributed by atoms with E-state index in [4.69, 9.17) is 0 Å². The van der Waals surface area contributed by atoms with Gasteiger partial charge in [0, 0.05) is 6.54 Å². The second kappa shape index (κ2) is 2.81. The molecule has 0 rings (SSSR count). The van der Waals surface area contributed by atoms with Crippen LogP contribution < -0.4 is 4.72 Å². The van der Waals surface area contributed by atoms with Crippen molar-refractivity contribution in [2.75, 3.05) is 6.54 Å². The molecular weight excluding hydrogens is 130 g/mol. The monoisotopic (exact) mass is 136 g/mol.